The number of hydrogen-bond donors (Lipinski definition) is 1. The van der Waals surface area contributed by atoms with Crippen molar-refractivity contribution in [1.29, 1.82) is 0 Å². The number of nitrogens with one attached hydrogen (secondary N) is 1. The van der Waals surface area contributed by atoms with Crippen LogP contribution in [0.2, 0.25) is 0 Å². The van der Waals surface area contributed by atoms with E-state index >= 15 is 0 Å². The number of carbonyl (C=O) groups excluding carboxylic acids is 1. The smallest absolute Gasteiger partial charge is 0.408 e. The highest BCUT2D eigenvalue weighted by Crippen LogP contribution is 2.31. The lowest BCUT2D eigenvalue weighted by Crippen LogP contribution is -2.24. The van der Waals surface area contributed by atoms with E-state index < -0.39 is 0 Å². The molecule has 0 spiro atoms. The van der Waals surface area contributed by atoms with E-state index in [0.717, 1.165) is 11.5 Å². The zero-order valence-electron chi connectivity index (χ0n) is 6.33. The summed E-state index contributed by atoms with van der Waals surface area (Å²) in [5.74, 6) is 2.18. The standard InChI is InChI=1S/C6H11NO2S2/c1-7-5(8)9-6-10-3-2-4-11-6/h6H,2-4H2,1H3,(H,7,8). The molecule has 0 aromatic rings. The average Bonchev–Trinajstić information content (AvgIpc) is 2.06. The molecule has 1 saturated heterocycles. The van der Waals surface area contributed by atoms with Crippen LogP contribution in [0.5, 0.6) is 0 Å². The van der Waals surface area contributed by atoms with Gasteiger partial charge in [-0.15, -0.1) is 23.5 Å². The van der Waals surface area contributed by atoms with Gasteiger partial charge in [0.25, 0.3) is 0 Å². The maximum Gasteiger partial charge on any atom is 0.408 e. The SMILES string of the molecule is CNC(=O)OC1SCCCS1. The Labute approximate surface area is 74.6 Å². The van der Waals surface area contributed by atoms with E-state index in [2.05, 4.69) is 5.32 Å². The number of rotatable bonds is 1. The van der Waals surface area contributed by atoms with Gasteiger partial charge in [-0.1, -0.05) is 0 Å². The Hall–Kier alpha value is -0.0300. The van der Waals surface area contributed by atoms with E-state index in [1.165, 1.54) is 6.42 Å². The summed E-state index contributed by atoms with van der Waals surface area (Å²) in [5, 5.41) is 2.42. The highest BCUT2D eigenvalue weighted by Gasteiger charge is 2.17. The summed E-state index contributed by atoms with van der Waals surface area (Å²) < 4.78 is 5.02. The van der Waals surface area contributed by atoms with Crippen molar-refractivity contribution in [1.82, 2.24) is 5.32 Å². The molecular formula is C6H11NO2S2. The molecule has 0 aliphatic carbocycles. The third-order valence-corrected chi connectivity index (χ3v) is 3.81. The van der Waals surface area contributed by atoms with Crippen molar-refractivity contribution in [3.63, 3.8) is 0 Å². The molecule has 0 atom stereocenters. The zero-order valence-corrected chi connectivity index (χ0v) is 7.96. The van der Waals surface area contributed by atoms with Crippen LogP contribution in [0.3, 0.4) is 0 Å². The number of alkyl carbamates (subject to hydrolysis) is 1. The summed E-state index contributed by atoms with van der Waals surface area (Å²) in [7, 11) is 1.57. The Bertz CT molecular complexity index is 137. The molecule has 1 rings (SSSR count). The van der Waals surface area contributed by atoms with Gasteiger partial charge in [0.15, 0.2) is 4.77 Å². The molecular weight excluding hydrogens is 182 g/mol. The summed E-state index contributed by atoms with van der Waals surface area (Å²) in [6.07, 6.45) is 0.875. The number of ether oxygens (including phenoxy) is 1. The molecule has 1 fully saturated rings. The Balaban J connectivity index is 2.19. The van der Waals surface area contributed by atoms with Crippen molar-refractivity contribution in [2.45, 2.75) is 11.2 Å². The number of thioether (sulfide) groups is 2. The lowest BCUT2D eigenvalue weighted by molar-refractivity contribution is 0.160. The van der Waals surface area contributed by atoms with Crippen molar-refractivity contribution in [2.24, 2.45) is 0 Å². The fourth-order valence-corrected chi connectivity index (χ4v) is 3.14. The molecule has 0 unspecified atom stereocenters. The van der Waals surface area contributed by atoms with Crippen LogP contribution in [0.15, 0.2) is 0 Å². The second-order valence-corrected chi connectivity index (χ2v) is 4.68. The molecule has 3 nitrogen and oxygen atoms in total. The number of carbonyl (C=O) groups is 1. The maximum absolute atomic E-state index is 10.7. The van der Waals surface area contributed by atoms with Crippen LogP contribution >= 0.6 is 23.5 Å². The summed E-state index contributed by atoms with van der Waals surface area (Å²) >= 11 is 3.37. The van der Waals surface area contributed by atoms with Crippen LogP contribution in [-0.2, 0) is 4.74 Å². The summed E-state index contributed by atoms with van der Waals surface area (Å²) in [5.41, 5.74) is 0. The Morgan fingerprint density at radius 1 is 1.55 bits per heavy atom. The van der Waals surface area contributed by atoms with Gasteiger partial charge in [-0.05, 0) is 17.9 Å². The van der Waals surface area contributed by atoms with Gasteiger partial charge in [0.05, 0.1) is 0 Å². The molecule has 0 aromatic carbocycles. The van der Waals surface area contributed by atoms with Gasteiger partial charge >= 0.3 is 6.09 Å². The lowest BCUT2D eigenvalue weighted by Gasteiger charge is -2.20. The molecule has 11 heavy (non-hydrogen) atoms. The Morgan fingerprint density at radius 3 is 2.73 bits per heavy atom. The van der Waals surface area contributed by atoms with Gasteiger partial charge in [0, 0.05) is 7.05 Å². The molecule has 1 N–H and O–H groups in total. The van der Waals surface area contributed by atoms with Crippen LogP contribution in [0.25, 0.3) is 0 Å². The molecule has 1 heterocycles. The third-order valence-electron chi connectivity index (χ3n) is 1.20. The van der Waals surface area contributed by atoms with Gasteiger partial charge in [-0.3, -0.25) is 0 Å². The van der Waals surface area contributed by atoms with Gasteiger partial charge < -0.3 is 10.1 Å². The van der Waals surface area contributed by atoms with Gasteiger partial charge in [-0.25, -0.2) is 4.79 Å². The fraction of sp³-hybridized carbons (Fsp3) is 0.833. The van der Waals surface area contributed by atoms with Crippen LogP contribution < -0.4 is 5.32 Å². The van der Waals surface area contributed by atoms with Crippen LogP contribution in [-0.4, -0.2) is 29.4 Å². The molecule has 0 bridgehead atoms. The van der Waals surface area contributed by atoms with E-state index in [9.17, 15) is 4.79 Å². The Kier molecular flexibility index (Phi) is 3.93. The fourth-order valence-electron chi connectivity index (χ4n) is 0.681. The van der Waals surface area contributed by atoms with Crippen LogP contribution in [0.1, 0.15) is 6.42 Å². The van der Waals surface area contributed by atoms with E-state index in [0.29, 0.717) is 0 Å². The van der Waals surface area contributed by atoms with Crippen LogP contribution in [0, 0.1) is 0 Å². The summed E-state index contributed by atoms with van der Waals surface area (Å²) in [4.78, 5) is 10.7. The van der Waals surface area contributed by atoms with Crippen molar-refractivity contribution in [3.8, 4) is 0 Å². The highest BCUT2D eigenvalue weighted by atomic mass is 32.2. The molecule has 5 heteroatoms. The number of amides is 1. The minimum absolute atomic E-state index is 0.00343. The van der Waals surface area contributed by atoms with Gasteiger partial charge in [-0.2, -0.15) is 0 Å². The van der Waals surface area contributed by atoms with E-state index in [1.807, 2.05) is 0 Å². The summed E-state index contributed by atoms with van der Waals surface area (Å²) in [6.45, 7) is 0. The first-order valence-corrected chi connectivity index (χ1v) is 5.54. The topological polar surface area (TPSA) is 38.3 Å². The molecule has 1 amide bonds. The Morgan fingerprint density at radius 2 is 2.18 bits per heavy atom. The van der Waals surface area contributed by atoms with E-state index in [4.69, 9.17) is 4.74 Å². The summed E-state index contributed by atoms with van der Waals surface area (Å²) in [6, 6.07) is 0. The van der Waals surface area contributed by atoms with Crippen LogP contribution in [0.4, 0.5) is 4.79 Å². The molecule has 64 valence electrons. The first kappa shape index (κ1) is 9.06. The predicted octanol–water partition coefficient (Wildman–Crippen LogP) is 1.50. The van der Waals surface area contributed by atoms with Crippen molar-refractivity contribution < 1.29 is 9.53 Å². The second kappa shape index (κ2) is 4.77. The monoisotopic (exact) mass is 193 g/mol. The van der Waals surface area contributed by atoms with Gasteiger partial charge in [0.2, 0.25) is 0 Å². The molecule has 0 aromatic heterocycles. The quantitative estimate of drug-likeness (QED) is 0.685. The lowest BCUT2D eigenvalue weighted by atomic mass is 10.6. The molecule has 0 saturated carbocycles. The molecule has 1 aliphatic heterocycles. The van der Waals surface area contributed by atoms with Gasteiger partial charge in [0.1, 0.15) is 0 Å². The number of hydrogen-bond acceptors (Lipinski definition) is 4. The normalized spacial score (nSPS) is 19.4. The van der Waals surface area contributed by atoms with Crippen molar-refractivity contribution >= 4 is 29.6 Å². The second-order valence-electron chi connectivity index (χ2n) is 2.04. The highest BCUT2D eigenvalue weighted by molar-refractivity contribution is 8.17. The van der Waals surface area contributed by atoms with E-state index in [-0.39, 0.29) is 10.9 Å². The predicted molar refractivity (Wildman–Crippen MR) is 48.9 cm³/mol. The maximum atomic E-state index is 10.7. The molecule has 1 aliphatic rings. The van der Waals surface area contributed by atoms with Crippen molar-refractivity contribution in [2.75, 3.05) is 18.6 Å². The first-order valence-electron chi connectivity index (χ1n) is 3.44. The minimum Gasteiger partial charge on any atom is -0.425 e. The molecule has 0 radical (unpaired) electrons. The third kappa shape index (κ3) is 3.25. The zero-order chi connectivity index (χ0) is 8.10. The minimum atomic E-state index is -0.336. The first-order chi connectivity index (χ1) is 5.33. The van der Waals surface area contributed by atoms with E-state index in [1.54, 1.807) is 30.6 Å². The largest absolute Gasteiger partial charge is 0.425 e. The average molecular weight is 193 g/mol. The van der Waals surface area contributed by atoms with Crippen molar-refractivity contribution in [3.05, 3.63) is 0 Å².